The Labute approximate surface area is 187 Å². The number of aryl methyl sites for hydroxylation is 3. The number of aromatic nitrogens is 2. The highest BCUT2D eigenvalue weighted by molar-refractivity contribution is 5.74. The van der Waals surface area contributed by atoms with Crippen LogP contribution >= 0.6 is 0 Å². The molecule has 2 aromatic rings. The largest absolute Gasteiger partial charge is 0.353 e. The fraction of sp³-hybridized carbons (Fsp3) is 0.560. The summed E-state index contributed by atoms with van der Waals surface area (Å²) in [6.45, 7) is 16.4. The molecule has 2 heterocycles. The van der Waals surface area contributed by atoms with Gasteiger partial charge in [0.15, 0.2) is 0 Å². The molecule has 1 aliphatic heterocycles. The van der Waals surface area contributed by atoms with E-state index in [4.69, 9.17) is 9.97 Å². The van der Waals surface area contributed by atoms with Crippen molar-refractivity contribution in [3.05, 3.63) is 52.0 Å². The van der Waals surface area contributed by atoms with Gasteiger partial charge in [-0.05, 0) is 45.2 Å². The number of carbonyl (C=O) groups excluding carboxylic acids is 1. The number of piperazine rings is 1. The third-order valence-corrected chi connectivity index (χ3v) is 6.33. The quantitative estimate of drug-likeness (QED) is 0.750. The predicted molar refractivity (Wildman–Crippen MR) is 127 cm³/mol. The average Bonchev–Trinajstić information content (AvgIpc) is 2.77. The number of hydrogen-bond acceptors (Lipinski definition) is 4. The van der Waals surface area contributed by atoms with Gasteiger partial charge in [-0.3, -0.25) is 0 Å². The van der Waals surface area contributed by atoms with Crippen LogP contribution in [0.25, 0.3) is 0 Å². The van der Waals surface area contributed by atoms with E-state index in [-0.39, 0.29) is 6.03 Å². The predicted octanol–water partition coefficient (Wildman–Crippen LogP) is 4.36. The molecule has 0 radical (unpaired) electrons. The molecular formula is C25H37N5O. The van der Waals surface area contributed by atoms with Crippen LogP contribution in [-0.4, -0.2) is 53.6 Å². The molecule has 2 amide bonds. The number of benzene rings is 1. The van der Waals surface area contributed by atoms with Crippen molar-refractivity contribution in [1.82, 2.24) is 20.2 Å². The van der Waals surface area contributed by atoms with Crippen molar-refractivity contribution < 1.29 is 4.79 Å². The zero-order valence-electron chi connectivity index (χ0n) is 20.0. The molecule has 6 nitrogen and oxygen atoms in total. The number of carbonyl (C=O) groups is 1. The smallest absolute Gasteiger partial charge is 0.317 e. The number of hydrogen-bond donors (Lipinski definition) is 1. The first kappa shape index (κ1) is 23.0. The highest BCUT2D eigenvalue weighted by Gasteiger charge is 2.25. The maximum absolute atomic E-state index is 12.2. The summed E-state index contributed by atoms with van der Waals surface area (Å²) in [7, 11) is 0. The van der Waals surface area contributed by atoms with Crippen molar-refractivity contribution in [2.24, 2.45) is 0 Å². The normalized spacial score (nSPS) is 15.2. The average molecular weight is 424 g/mol. The summed E-state index contributed by atoms with van der Waals surface area (Å²) in [5.41, 5.74) is 6.15. The molecule has 6 heteroatoms. The van der Waals surface area contributed by atoms with E-state index in [0.717, 1.165) is 43.3 Å². The second-order valence-electron chi connectivity index (χ2n) is 8.69. The molecule has 1 fully saturated rings. The molecule has 1 aliphatic rings. The zero-order chi connectivity index (χ0) is 22.5. The van der Waals surface area contributed by atoms with E-state index < -0.39 is 0 Å². The van der Waals surface area contributed by atoms with Crippen LogP contribution in [0.5, 0.6) is 0 Å². The zero-order valence-corrected chi connectivity index (χ0v) is 20.0. The van der Waals surface area contributed by atoms with E-state index in [1.165, 1.54) is 22.3 Å². The van der Waals surface area contributed by atoms with Crippen molar-refractivity contribution >= 4 is 11.8 Å². The van der Waals surface area contributed by atoms with E-state index >= 15 is 0 Å². The van der Waals surface area contributed by atoms with Crippen LogP contribution in [0.1, 0.15) is 66.9 Å². The van der Waals surface area contributed by atoms with Gasteiger partial charge in [-0.1, -0.05) is 37.6 Å². The Kier molecular flexibility index (Phi) is 7.52. The van der Waals surface area contributed by atoms with E-state index in [0.29, 0.717) is 25.6 Å². The first-order valence-corrected chi connectivity index (χ1v) is 11.5. The maximum atomic E-state index is 12.2. The molecule has 1 saturated heterocycles. The second-order valence-corrected chi connectivity index (χ2v) is 8.69. The molecule has 1 aromatic carbocycles. The van der Waals surface area contributed by atoms with Crippen LogP contribution < -0.4 is 10.2 Å². The Morgan fingerprint density at radius 3 is 2.45 bits per heavy atom. The summed E-state index contributed by atoms with van der Waals surface area (Å²) in [6.07, 6.45) is 1.84. The molecule has 31 heavy (non-hydrogen) atoms. The summed E-state index contributed by atoms with van der Waals surface area (Å²) >= 11 is 0. The Morgan fingerprint density at radius 1 is 1.10 bits per heavy atom. The van der Waals surface area contributed by atoms with Gasteiger partial charge < -0.3 is 15.1 Å². The van der Waals surface area contributed by atoms with Crippen LogP contribution in [0.2, 0.25) is 0 Å². The SMILES string of the molecule is CCNC(=O)N1CCN(c2nc(C(C)CC)nc(C)c2Cc2cc(C)ccc2C)CC1. The van der Waals surface area contributed by atoms with Gasteiger partial charge >= 0.3 is 6.03 Å². The Balaban J connectivity index is 1.94. The molecule has 0 aliphatic carbocycles. The van der Waals surface area contributed by atoms with Crippen molar-refractivity contribution in [3.63, 3.8) is 0 Å². The molecule has 0 spiro atoms. The number of nitrogens with one attached hydrogen (secondary N) is 1. The van der Waals surface area contributed by atoms with Crippen LogP contribution in [0.3, 0.4) is 0 Å². The summed E-state index contributed by atoms with van der Waals surface area (Å²) < 4.78 is 0. The van der Waals surface area contributed by atoms with Crippen LogP contribution in [-0.2, 0) is 6.42 Å². The van der Waals surface area contributed by atoms with E-state index in [9.17, 15) is 4.79 Å². The lowest BCUT2D eigenvalue weighted by Gasteiger charge is -2.36. The second kappa shape index (κ2) is 10.1. The van der Waals surface area contributed by atoms with Crippen molar-refractivity contribution in [2.75, 3.05) is 37.6 Å². The number of urea groups is 1. The monoisotopic (exact) mass is 423 g/mol. The van der Waals surface area contributed by atoms with Crippen LogP contribution in [0, 0.1) is 20.8 Å². The molecule has 0 saturated carbocycles. The van der Waals surface area contributed by atoms with E-state index in [1.807, 2.05) is 11.8 Å². The molecule has 1 atom stereocenters. The van der Waals surface area contributed by atoms with Gasteiger partial charge in [-0.15, -0.1) is 0 Å². The van der Waals surface area contributed by atoms with E-state index in [1.54, 1.807) is 0 Å². The maximum Gasteiger partial charge on any atom is 0.317 e. The molecule has 1 aromatic heterocycles. The lowest BCUT2D eigenvalue weighted by Crippen LogP contribution is -2.52. The van der Waals surface area contributed by atoms with Crippen LogP contribution in [0.15, 0.2) is 18.2 Å². The number of anilines is 1. The molecule has 1 unspecified atom stereocenters. The Hall–Kier alpha value is -2.63. The summed E-state index contributed by atoms with van der Waals surface area (Å²) in [6, 6.07) is 6.65. The van der Waals surface area contributed by atoms with Crippen molar-refractivity contribution in [1.29, 1.82) is 0 Å². The Morgan fingerprint density at radius 2 is 1.81 bits per heavy atom. The molecular weight excluding hydrogens is 386 g/mol. The first-order chi connectivity index (χ1) is 14.8. The minimum atomic E-state index is 0.0249. The Bertz CT molecular complexity index is 918. The van der Waals surface area contributed by atoms with Gasteiger partial charge in [0.25, 0.3) is 0 Å². The fourth-order valence-corrected chi connectivity index (χ4v) is 4.04. The van der Waals surface area contributed by atoms with Gasteiger partial charge in [-0.25, -0.2) is 14.8 Å². The minimum Gasteiger partial charge on any atom is -0.353 e. The van der Waals surface area contributed by atoms with Gasteiger partial charge in [0.05, 0.1) is 0 Å². The minimum absolute atomic E-state index is 0.0249. The first-order valence-electron chi connectivity index (χ1n) is 11.5. The van der Waals surface area contributed by atoms with E-state index in [2.05, 4.69) is 63.0 Å². The summed E-state index contributed by atoms with van der Waals surface area (Å²) in [5.74, 6) is 2.29. The van der Waals surface area contributed by atoms with Crippen LogP contribution in [0.4, 0.5) is 10.6 Å². The highest BCUT2D eigenvalue weighted by Crippen LogP contribution is 2.29. The number of amides is 2. The topological polar surface area (TPSA) is 61.4 Å². The lowest BCUT2D eigenvalue weighted by atomic mass is 9.97. The lowest BCUT2D eigenvalue weighted by molar-refractivity contribution is 0.195. The standard InChI is InChI=1S/C25H37N5O/c1-7-18(4)23-27-20(6)22(16-21-15-17(3)9-10-19(21)5)24(28-23)29-11-13-30(14-12-29)25(31)26-8-2/h9-10,15,18H,7-8,11-14,16H2,1-6H3,(H,26,31). The molecule has 168 valence electrons. The van der Waals surface area contributed by atoms with Gasteiger partial charge in [0, 0.05) is 56.3 Å². The third kappa shape index (κ3) is 5.35. The third-order valence-electron chi connectivity index (χ3n) is 6.33. The molecule has 1 N–H and O–H groups in total. The summed E-state index contributed by atoms with van der Waals surface area (Å²) in [4.78, 5) is 26.4. The van der Waals surface area contributed by atoms with Gasteiger partial charge in [0.1, 0.15) is 11.6 Å². The number of nitrogens with zero attached hydrogens (tertiary/aromatic N) is 4. The highest BCUT2D eigenvalue weighted by atomic mass is 16.2. The van der Waals surface area contributed by atoms with Crippen molar-refractivity contribution in [2.45, 2.75) is 60.3 Å². The summed E-state index contributed by atoms with van der Waals surface area (Å²) in [5, 5.41) is 2.91. The fourth-order valence-electron chi connectivity index (χ4n) is 4.04. The molecule has 0 bridgehead atoms. The van der Waals surface area contributed by atoms with Gasteiger partial charge in [-0.2, -0.15) is 0 Å². The number of rotatable bonds is 6. The van der Waals surface area contributed by atoms with Crippen molar-refractivity contribution in [3.8, 4) is 0 Å². The van der Waals surface area contributed by atoms with Gasteiger partial charge in [0.2, 0.25) is 0 Å². The molecule has 3 rings (SSSR count).